The number of nitrogen functional groups attached to an aromatic ring is 1. The highest BCUT2D eigenvalue weighted by molar-refractivity contribution is 6.05. The van der Waals surface area contributed by atoms with Gasteiger partial charge in [-0.1, -0.05) is 6.07 Å². The zero-order valence-corrected chi connectivity index (χ0v) is 17.0. The highest BCUT2D eigenvalue weighted by Gasteiger charge is 2.23. The first-order valence-corrected chi connectivity index (χ1v) is 9.15. The van der Waals surface area contributed by atoms with Crippen molar-refractivity contribution in [1.29, 1.82) is 5.26 Å². The van der Waals surface area contributed by atoms with Crippen molar-refractivity contribution in [2.45, 2.75) is 6.92 Å². The molecule has 1 heterocycles. The number of aromatic nitrogens is 1. The number of carbonyl (C=O) groups excluding carboxylic acids is 2. The molecule has 0 saturated carbocycles. The molecule has 0 saturated heterocycles. The molecule has 10 heteroatoms. The lowest BCUT2D eigenvalue weighted by atomic mass is 10.1. The molecule has 1 aromatic heterocycles. The smallest absolute Gasteiger partial charge is 0.357 e. The van der Waals surface area contributed by atoms with Crippen LogP contribution in [0.15, 0.2) is 42.6 Å². The van der Waals surface area contributed by atoms with Crippen molar-refractivity contribution in [2.75, 3.05) is 18.2 Å². The summed E-state index contributed by atoms with van der Waals surface area (Å²) in [6, 6.07) is 10.2. The summed E-state index contributed by atoms with van der Waals surface area (Å²) in [5.41, 5.74) is 7.02. The number of anilines is 2. The molecule has 0 fully saturated rings. The Balaban J connectivity index is 2.03. The van der Waals surface area contributed by atoms with Crippen LogP contribution in [-0.2, 0) is 4.74 Å². The molecule has 0 spiro atoms. The number of nitriles is 1. The van der Waals surface area contributed by atoms with Gasteiger partial charge in [-0.15, -0.1) is 0 Å². The molecule has 0 radical (unpaired) electrons. The van der Waals surface area contributed by atoms with E-state index in [1.54, 1.807) is 19.1 Å². The number of ether oxygens (including phenoxy) is 1. The third-order valence-electron chi connectivity index (χ3n) is 4.76. The summed E-state index contributed by atoms with van der Waals surface area (Å²) in [5, 5.41) is 30.6. The maximum absolute atomic E-state index is 12.8. The number of carbonyl (C=O) groups is 3. The minimum absolute atomic E-state index is 0.0427. The van der Waals surface area contributed by atoms with Crippen LogP contribution < -0.4 is 11.1 Å². The number of carboxylic acid groups (broad SMARTS) is 1. The lowest BCUT2D eigenvalue weighted by Crippen LogP contribution is -2.15. The molecule has 0 bridgehead atoms. The molecule has 5 N–H and O–H groups in total. The van der Waals surface area contributed by atoms with Crippen LogP contribution >= 0.6 is 0 Å². The Morgan fingerprint density at radius 1 is 1.19 bits per heavy atom. The minimum atomic E-state index is -1.34. The van der Waals surface area contributed by atoms with E-state index < -0.39 is 23.6 Å². The summed E-state index contributed by atoms with van der Waals surface area (Å²) >= 11 is 0. The number of phenols is 1. The number of esters is 1. The molecule has 3 rings (SSSR count). The van der Waals surface area contributed by atoms with Crippen LogP contribution in [0.2, 0.25) is 0 Å². The van der Waals surface area contributed by atoms with Crippen molar-refractivity contribution in [3.8, 4) is 17.5 Å². The Labute approximate surface area is 182 Å². The van der Waals surface area contributed by atoms with Gasteiger partial charge in [0.15, 0.2) is 5.69 Å². The summed E-state index contributed by atoms with van der Waals surface area (Å²) < 4.78 is 6.16. The average Bonchev–Trinajstić information content (AvgIpc) is 3.10. The van der Waals surface area contributed by atoms with Crippen LogP contribution in [0.3, 0.4) is 0 Å². The SMILES string of the molecule is COC(=O)c1c(N)c(C#N)cn1-c1cc(C(=O)Nc2ccc(O)c(C(=O)O)c2)ccc1C. The normalized spacial score (nSPS) is 10.3. The lowest BCUT2D eigenvalue weighted by Gasteiger charge is -2.13. The van der Waals surface area contributed by atoms with E-state index in [4.69, 9.17) is 15.6 Å². The van der Waals surface area contributed by atoms with Gasteiger partial charge in [-0.05, 0) is 42.8 Å². The second kappa shape index (κ2) is 8.53. The number of nitrogens with two attached hydrogens (primary N) is 1. The van der Waals surface area contributed by atoms with E-state index in [2.05, 4.69) is 5.32 Å². The van der Waals surface area contributed by atoms with E-state index >= 15 is 0 Å². The number of amides is 1. The quantitative estimate of drug-likeness (QED) is 0.351. The van der Waals surface area contributed by atoms with E-state index in [-0.39, 0.29) is 33.8 Å². The topological polar surface area (TPSA) is 168 Å². The average molecular weight is 434 g/mol. The monoisotopic (exact) mass is 434 g/mol. The van der Waals surface area contributed by atoms with Crippen LogP contribution in [0.1, 0.15) is 42.3 Å². The molecular formula is C22H18N4O6. The molecule has 162 valence electrons. The lowest BCUT2D eigenvalue weighted by molar-refractivity contribution is 0.0592. The van der Waals surface area contributed by atoms with Gasteiger partial charge < -0.3 is 30.6 Å². The maximum Gasteiger partial charge on any atom is 0.357 e. The zero-order chi connectivity index (χ0) is 23.6. The van der Waals surface area contributed by atoms with Crippen molar-refractivity contribution in [3.63, 3.8) is 0 Å². The fraction of sp³-hybridized carbons (Fsp3) is 0.0909. The number of methoxy groups -OCH3 is 1. The molecule has 2 aromatic carbocycles. The molecule has 3 aromatic rings. The Bertz CT molecular complexity index is 1300. The fourth-order valence-electron chi connectivity index (χ4n) is 3.10. The van der Waals surface area contributed by atoms with Gasteiger partial charge in [0.1, 0.15) is 17.4 Å². The predicted molar refractivity (Wildman–Crippen MR) is 114 cm³/mol. The number of hydrogen-bond donors (Lipinski definition) is 4. The van der Waals surface area contributed by atoms with Crippen molar-refractivity contribution in [1.82, 2.24) is 4.57 Å². The van der Waals surface area contributed by atoms with Gasteiger partial charge in [-0.25, -0.2) is 9.59 Å². The molecule has 0 atom stereocenters. The van der Waals surface area contributed by atoms with Crippen molar-refractivity contribution in [3.05, 3.63) is 70.5 Å². The van der Waals surface area contributed by atoms with E-state index in [1.807, 2.05) is 6.07 Å². The molecule has 0 unspecified atom stereocenters. The summed E-state index contributed by atoms with van der Waals surface area (Å²) in [7, 11) is 1.19. The minimum Gasteiger partial charge on any atom is -0.507 e. The summed E-state index contributed by atoms with van der Waals surface area (Å²) in [5.74, 6) is -3.08. The molecule has 32 heavy (non-hydrogen) atoms. The number of hydrogen-bond acceptors (Lipinski definition) is 7. The third-order valence-corrected chi connectivity index (χ3v) is 4.76. The second-order valence-corrected chi connectivity index (χ2v) is 6.77. The molecular weight excluding hydrogens is 416 g/mol. The molecule has 1 amide bonds. The van der Waals surface area contributed by atoms with Crippen LogP contribution in [0.25, 0.3) is 5.69 Å². The molecule has 10 nitrogen and oxygen atoms in total. The number of benzene rings is 2. The number of nitrogens with zero attached hydrogens (tertiary/aromatic N) is 2. The largest absolute Gasteiger partial charge is 0.507 e. The number of carboxylic acids is 1. The number of aromatic carboxylic acids is 1. The molecule has 0 aliphatic carbocycles. The number of aryl methyl sites for hydroxylation is 1. The van der Waals surface area contributed by atoms with Crippen LogP contribution in [-0.4, -0.2) is 39.7 Å². The van der Waals surface area contributed by atoms with Crippen LogP contribution in [0, 0.1) is 18.3 Å². The maximum atomic E-state index is 12.8. The fourth-order valence-corrected chi connectivity index (χ4v) is 3.10. The Hall–Kier alpha value is -4.78. The van der Waals surface area contributed by atoms with Crippen molar-refractivity contribution < 1.29 is 29.3 Å². The van der Waals surface area contributed by atoms with Crippen molar-refractivity contribution in [2.24, 2.45) is 0 Å². The Kier molecular flexibility index (Phi) is 5.84. The highest BCUT2D eigenvalue weighted by Crippen LogP contribution is 2.28. The summed E-state index contributed by atoms with van der Waals surface area (Å²) in [4.78, 5) is 36.2. The van der Waals surface area contributed by atoms with E-state index in [1.165, 1.54) is 30.0 Å². The first-order valence-electron chi connectivity index (χ1n) is 9.15. The van der Waals surface area contributed by atoms with E-state index in [0.29, 0.717) is 11.3 Å². The number of rotatable bonds is 5. The van der Waals surface area contributed by atoms with Gasteiger partial charge in [0, 0.05) is 23.1 Å². The van der Waals surface area contributed by atoms with Gasteiger partial charge in [0.2, 0.25) is 0 Å². The number of aromatic hydroxyl groups is 1. The van der Waals surface area contributed by atoms with E-state index in [0.717, 1.165) is 12.1 Å². The molecule has 0 aliphatic heterocycles. The standard InChI is InChI=1S/C22H18N4O6/c1-11-3-4-12(20(28)25-14-5-6-17(27)15(8-14)21(29)30)7-16(11)26-10-13(9-23)18(24)19(26)22(31)32-2/h3-8,10,27H,24H2,1-2H3,(H,25,28)(H,29,30). The van der Waals surface area contributed by atoms with Crippen LogP contribution in [0.4, 0.5) is 11.4 Å². The Morgan fingerprint density at radius 3 is 2.53 bits per heavy atom. The first kappa shape index (κ1) is 21.9. The second-order valence-electron chi connectivity index (χ2n) is 6.77. The molecule has 0 aliphatic rings. The summed E-state index contributed by atoms with van der Waals surface area (Å²) in [6.45, 7) is 1.75. The van der Waals surface area contributed by atoms with Gasteiger partial charge >= 0.3 is 11.9 Å². The first-order chi connectivity index (χ1) is 15.2. The Morgan fingerprint density at radius 2 is 1.91 bits per heavy atom. The highest BCUT2D eigenvalue weighted by atomic mass is 16.5. The third kappa shape index (κ3) is 3.95. The predicted octanol–water partition coefficient (Wildman–Crippen LogP) is 2.68. The zero-order valence-electron chi connectivity index (χ0n) is 17.0. The number of nitrogens with one attached hydrogen (secondary N) is 1. The van der Waals surface area contributed by atoms with Gasteiger partial charge in [0.05, 0.1) is 18.4 Å². The van der Waals surface area contributed by atoms with E-state index in [9.17, 15) is 24.8 Å². The summed E-state index contributed by atoms with van der Waals surface area (Å²) in [6.07, 6.45) is 1.38. The van der Waals surface area contributed by atoms with Crippen molar-refractivity contribution >= 4 is 29.2 Å². The van der Waals surface area contributed by atoms with Crippen LogP contribution in [0.5, 0.6) is 5.75 Å². The van der Waals surface area contributed by atoms with Gasteiger partial charge in [-0.3, -0.25) is 4.79 Å². The van der Waals surface area contributed by atoms with Gasteiger partial charge in [0.25, 0.3) is 5.91 Å². The van der Waals surface area contributed by atoms with Gasteiger partial charge in [-0.2, -0.15) is 5.26 Å².